The largest absolute Gasteiger partial charge is 0.478 e. The van der Waals surface area contributed by atoms with Gasteiger partial charge >= 0.3 is 5.97 Å². The monoisotopic (exact) mass is 395 g/mol. The summed E-state index contributed by atoms with van der Waals surface area (Å²) in [4.78, 5) is 40.4. The van der Waals surface area contributed by atoms with Gasteiger partial charge in [-0.25, -0.2) is 9.78 Å². The summed E-state index contributed by atoms with van der Waals surface area (Å²) >= 11 is 1.10. The molecule has 3 rings (SSSR count). The molecule has 1 heterocycles. The van der Waals surface area contributed by atoms with Crippen molar-refractivity contribution in [2.75, 3.05) is 11.1 Å². The number of aromatic nitrogens is 2. The van der Waals surface area contributed by atoms with Gasteiger partial charge in [0.05, 0.1) is 22.7 Å². The molecule has 0 atom stereocenters. The summed E-state index contributed by atoms with van der Waals surface area (Å²) in [5, 5.41) is 12.2. The summed E-state index contributed by atoms with van der Waals surface area (Å²) in [5.41, 5.74) is 1.20. The Bertz CT molecular complexity index is 1080. The van der Waals surface area contributed by atoms with Crippen molar-refractivity contribution in [2.45, 2.75) is 12.1 Å². The van der Waals surface area contributed by atoms with E-state index < -0.39 is 11.9 Å². The predicted octanol–water partition coefficient (Wildman–Crippen LogP) is 2.97. The molecule has 0 unspecified atom stereocenters. The van der Waals surface area contributed by atoms with Crippen molar-refractivity contribution >= 4 is 29.3 Å². The Hall–Kier alpha value is -3.39. The van der Waals surface area contributed by atoms with Gasteiger partial charge in [0, 0.05) is 11.8 Å². The molecule has 7 nitrogen and oxygen atoms in total. The number of aryl methyl sites for hydroxylation is 1. The highest BCUT2D eigenvalue weighted by atomic mass is 32.2. The Morgan fingerprint density at radius 2 is 1.79 bits per heavy atom. The van der Waals surface area contributed by atoms with E-state index in [0.29, 0.717) is 16.5 Å². The third kappa shape index (κ3) is 4.47. The fraction of sp³-hybridized carbons (Fsp3) is 0.100. The summed E-state index contributed by atoms with van der Waals surface area (Å²) in [6.07, 6.45) is 0. The number of carbonyl (C=O) groups is 2. The van der Waals surface area contributed by atoms with Crippen LogP contribution < -0.4 is 10.9 Å². The molecule has 1 amide bonds. The highest BCUT2D eigenvalue weighted by Crippen LogP contribution is 2.20. The number of carbonyl (C=O) groups excluding carboxylic acids is 1. The van der Waals surface area contributed by atoms with E-state index in [1.54, 1.807) is 31.2 Å². The molecule has 0 aliphatic rings. The first-order valence-electron chi connectivity index (χ1n) is 8.37. The van der Waals surface area contributed by atoms with Crippen LogP contribution in [0.2, 0.25) is 0 Å². The summed E-state index contributed by atoms with van der Waals surface area (Å²) in [6, 6.07) is 16.6. The van der Waals surface area contributed by atoms with E-state index in [1.165, 1.54) is 22.8 Å². The number of hydrogen-bond acceptors (Lipinski definition) is 5. The van der Waals surface area contributed by atoms with Crippen LogP contribution in [-0.2, 0) is 4.79 Å². The molecule has 0 spiro atoms. The van der Waals surface area contributed by atoms with Crippen molar-refractivity contribution < 1.29 is 14.7 Å². The highest BCUT2D eigenvalue weighted by molar-refractivity contribution is 7.99. The van der Waals surface area contributed by atoms with Gasteiger partial charge in [0.1, 0.15) is 0 Å². The molecule has 0 bridgehead atoms. The second-order valence-corrected chi connectivity index (χ2v) is 6.82. The zero-order valence-corrected chi connectivity index (χ0v) is 15.8. The second kappa shape index (κ2) is 8.53. The molecule has 8 heteroatoms. The SMILES string of the molecule is Cc1cc(=O)n(-c2ccccc2)c(SCC(=O)Nc2ccccc2C(=O)O)n1. The Morgan fingerprint density at radius 3 is 2.50 bits per heavy atom. The summed E-state index contributed by atoms with van der Waals surface area (Å²) in [7, 11) is 0. The smallest absolute Gasteiger partial charge is 0.337 e. The number of para-hydroxylation sites is 2. The molecule has 2 N–H and O–H groups in total. The average molecular weight is 395 g/mol. The van der Waals surface area contributed by atoms with Crippen molar-refractivity contribution in [2.24, 2.45) is 0 Å². The lowest BCUT2D eigenvalue weighted by atomic mass is 10.2. The fourth-order valence-electron chi connectivity index (χ4n) is 2.58. The number of nitrogens with zero attached hydrogens (tertiary/aromatic N) is 2. The molecule has 0 aliphatic carbocycles. The molecule has 0 radical (unpaired) electrons. The number of amides is 1. The molecule has 0 saturated heterocycles. The van der Waals surface area contributed by atoms with Crippen LogP contribution >= 0.6 is 11.8 Å². The zero-order chi connectivity index (χ0) is 20.1. The van der Waals surface area contributed by atoms with Crippen LogP contribution in [0.3, 0.4) is 0 Å². The van der Waals surface area contributed by atoms with E-state index in [2.05, 4.69) is 10.3 Å². The van der Waals surface area contributed by atoms with Crippen LogP contribution in [0.25, 0.3) is 5.69 Å². The Labute approximate surface area is 165 Å². The molecule has 1 aromatic heterocycles. The van der Waals surface area contributed by atoms with Crippen LogP contribution in [-0.4, -0.2) is 32.3 Å². The minimum absolute atomic E-state index is 0.00993. The van der Waals surface area contributed by atoms with Crippen LogP contribution in [0.4, 0.5) is 5.69 Å². The van der Waals surface area contributed by atoms with Gasteiger partial charge in [0.15, 0.2) is 5.16 Å². The lowest BCUT2D eigenvalue weighted by molar-refractivity contribution is -0.113. The van der Waals surface area contributed by atoms with Gasteiger partial charge in [-0.1, -0.05) is 42.1 Å². The van der Waals surface area contributed by atoms with Gasteiger partial charge in [0.2, 0.25) is 5.91 Å². The number of aromatic carboxylic acids is 1. The molecule has 0 fully saturated rings. The molecular weight excluding hydrogens is 378 g/mol. The fourth-order valence-corrected chi connectivity index (χ4v) is 3.44. The Morgan fingerprint density at radius 1 is 1.11 bits per heavy atom. The van der Waals surface area contributed by atoms with Crippen LogP contribution in [0, 0.1) is 6.92 Å². The molecule has 0 aliphatic heterocycles. The predicted molar refractivity (Wildman–Crippen MR) is 107 cm³/mol. The average Bonchev–Trinajstić information content (AvgIpc) is 2.67. The van der Waals surface area contributed by atoms with Crippen molar-refractivity contribution in [3.8, 4) is 5.69 Å². The number of carboxylic acid groups (broad SMARTS) is 1. The maximum atomic E-state index is 12.5. The number of benzene rings is 2. The summed E-state index contributed by atoms with van der Waals surface area (Å²) in [6.45, 7) is 1.71. The van der Waals surface area contributed by atoms with Gasteiger partial charge in [-0.2, -0.15) is 0 Å². The molecule has 28 heavy (non-hydrogen) atoms. The first kappa shape index (κ1) is 19.4. The first-order valence-corrected chi connectivity index (χ1v) is 9.35. The minimum atomic E-state index is -1.12. The van der Waals surface area contributed by atoms with Crippen LogP contribution in [0.5, 0.6) is 0 Å². The number of anilines is 1. The topological polar surface area (TPSA) is 101 Å². The third-order valence-corrected chi connectivity index (χ3v) is 4.73. The standard InChI is InChI=1S/C20H17N3O4S/c1-13-11-18(25)23(14-7-3-2-4-8-14)20(21-13)28-12-17(24)22-16-10-6-5-9-15(16)19(26)27/h2-11H,12H2,1H3,(H,22,24)(H,26,27). The number of carboxylic acids is 1. The molecule has 3 aromatic rings. The lowest BCUT2D eigenvalue weighted by Crippen LogP contribution is -2.22. The van der Waals surface area contributed by atoms with Crippen molar-refractivity contribution in [1.29, 1.82) is 0 Å². The molecule has 0 saturated carbocycles. The normalized spacial score (nSPS) is 10.5. The van der Waals surface area contributed by atoms with Gasteiger partial charge in [0.25, 0.3) is 5.56 Å². The van der Waals surface area contributed by atoms with Crippen molar-refractivity contribution in [3.63, 3.8) is 0 Å². The van der Waals surface area contributed by atoms with Crippen LogP contribution in [0.1, 0.15) is 16.1 Å². The van der Waals surface area contributed by atoms with Gasteiger partial charge < -0.3 is 10.4 Å². The molecule has 2 aromatic carbocycles. The second-order valence-electron chi connectivity index (χ2n) is 5.88. The highest BCUT2D eigenvalue weighted by Gasteiger charge is 2.14. The maximum absolute atomic E-state index is 12.5. The van der Waals surface area contributed by atoms with Crippen molar-refractivity contribution in [3.05, 3.63) is 82.3 Å². The van der Waals surface area contributed by atoms with Crippen LogP contribution in [0.15, 0.2) is 70.6 Å². The quantitative estimate of drug-likeness (QED) is 0.492. The van der Waals surface area contributed by atoms with E-state index in [-0.39, 0.29) is 22.6 Å². The minimum Gasteiger partial charge on any atom is -0.478 e. The molecular formula is C20H17N3O4S. The van der Waals surface area contributed by atoms with Gasteiger partial charge in [-0.3, -0.25) is 14.2 Å². The number of thioether (sulfide) groups is 1. The lowest BCUT2D eigenvalue weighted by Gasteiger charge is -2.12. The summed E-state index contributed by atoms with van der Waals surface area (Å²) in [5.74, 6) is -1.55. The number of nitrogens with one attached hydrogen (secondary N) is 1. The van der Waals surface area contributed by atoms with E-state index in [9.17, 15) is 19.5 Å². The maximum Gasteiger partial charge on any atom is 0.337 e. The number of rotatable bonds is 6. The zero-order valence-electron chi connectivity index (χ0n) is 15.0. The third-order valence-electron chi connectivity index (χ3n) is 3.79. The van der Waals surface area contributed by atoms with Gasteiger partial charge in [-0.15, -0.1) is 0 Å². The van der Waals surface area contributed by atoms with E-state index in [4.69, 9.17) is 0 Å². The van der Waals surface area contributed by atoms with Crippen molar-refractivity contribution in [1.82, 2.24) is 9.55 Å². The van der Waals surface area contributed by atoms with E-state index in [1.807, 2.05) is 18.2 Å². The number of hydrogen-bond donors (Lipinski definition) is 2. The Kier molecular flexibility index (Phi) is 5.90. The first-order chi connectivity index (χ1) is 13.5. The Balaban J connectivity index is 1.81. The van der Waals surface area contributed by atoms with Gasteiger partial charge in [-0.05, 0) is 31.2 Å². The molecule has 142 valence electrons. The summed E-state index contributed by atoms with van der Waals surface area (Å²) < 4.78 is 1.44. The van der Waals surface area contributed by atoms with E-state index in [0.717, 1.165) is 11.8 Å². The van der Waals surface area contributed by atoms with E-state index >= 15 is 0 Å².